The summed E-state index contributed by atoms with van der Waals surface area (Å²) in [5.41, 5.74) is 0.707. The molecular weight excluding hydrogens is 338 g/mol. The Morgan fingerprint density at radius 3 is 2.96 bits per heavy atom. The number of piperidine rings is 1. The van der Waals surface area contributed by atoms with Crippen LogP contribution in [0.5, 0.6) is 0 Å². The van der Waals surface area contributed by atoms with Crippen molar-refractivity contribution in [2.45, 2.75) is 44.6 Å². The van der Waals surface area contributed by atoms with Crippen LogP contribution in [0.2, 0.25) is 0 Å². The highest BCUT2D eigenvalue weighted by Crippen LogP contribution is 2.39. The van der Waals surface area contributed by atoms with E-state index in [1.165, 1.54) is 0 Å². The number of aromatic nitrogens is 2. The maximum Gasteiger partial charge on any atom is 0.254 e. The molecule has 0 saturated carbocycles. The Morgan fingerprint density at radius 2 is 2.28 bits per heavy atom. The first kappa shape index (κ1) is 16.7. The van der Waals surface area contributed by atoms with Gasteiger partial charge in [-0.2, -0.15) is 16.3 Å². The number of thiophene rings is 1. The Bertz CT molecular complexity index is 720. The number of carbonyl (C=O) groups is 1. The molecule has 1 unspecified atom stereocenters. The fraction of sp³-hybridized carbons (Fsp3) is 0.611. The van der Waals surface area contributed by atoms with Crippen molar-refractivity contribution >= 4 is 17.2 Å². The van der Waals surface area contributed by atoms with Crippen molar-refractivity contribution in [2.24, 2.45) is 5.92 Å². The molecule has 1 amide bonds. The summed E-state index contributed by atoms with van der Waals surface area (Å²) in [5, 5.41) is 7.75. The van der Waals surface area contributed by atoms with E-state index in [-0.39, 0.29) is 11.5 Å². The topological polar surface area (TPSA) is 68.5 Å². The number of hydrogen-bond donors (Lipinski definition) is 0. The van der Waals surface area contributed by atoms with Crippen LogP contribution >= 0.6 is 11.3 Å². The molecule has 4 rings (SSSR count). The Labute approximate surface area is 151 Å². The van der Waals surface area contributed by atoms with E-state index < -0.39 is 0 Å². The van der Waals surface area contributed by atoms with Gasteiger partial charge in [-0.15, -0.1) is 0 Å². The number of likely N-dealkylation sites (tertiary alicyclic amines) is 1. The maximum absolute atomic E-state index is 12.5. The van der Waals surface area contributed by atoms with Gasteiger partial charge in [0.2, 0.25) is 5.89 Å². The van der Waals surface area contributed by atoms with Gasteiger partial charge in [-0.05, 0) is 50.0 Å². The fourth-order valence-corrected chi connectivity index (χ4v) is 4.64. The van der Waals surface area contributed by atoms with Gasteiger partial charge in [-0.1, -0.05) is 5.16 Å². The lowest BCUT2D eigenvalue weighted by Crippen LogP contribution is -2.51. The van der Waals surface area contributed by atoms with Crippen LogP contribution < -0.4 is 0 Å². The molecule has 0 N–H and O–H groups in total. The quantitative estimate of drug-likeness (QED) is 0.840. The minimum Gasteiger partial charge on any atom is -0.375 e. The highest BCUT2D eigenvalue weighted by Gasteiger charge is 2.41. The molecule has 1 spiro atoms. The molecule has 134 valence electrons. The SMILES string of the molecule is Cc1noc(CC2CCOC3(CCN(C(=O)c4ccsc4)CC3)C2)n1. The van der Waals surface area contributed by atoms with Crippen molar-refractivity contribution in [3.63, 3.8) is 0 Å². The van der Waals surface area contributed by atoms with Crippen LogP contribution in [0.3, 0.4) is 0 Å². The summed E-state index contributed by atoms with van der Waals surface area (Å²) in [6.45, 7) is 4.15. The summed E-state index contributed by atoms with van der Waals surface area (Å²) in [4.78, 5) is 18.8. The average molecular weight is 361 g/mol. The molecule has 2 aliphatic heterocycles. The van der Waals surface area contributed by atoms with Crippen LogP contribution in [0.25, 0.3) is 0 Å². The first-order valence-electron chi connectivity index (χ1n) is 8.88. The molecule has 6 nitrogen and oxygen atoms in total. The normalized spacial score (nSPS) is 23.1. The molecule has 7 heteroatoms. The third kappa shape index (κ3) is 3.62. The minimum atomic E-state index is -0.0938. The van der Waals surface area contributed by atoms with Crippen molar-refractivity contribution < 1.29 is 14.1 Å². The zero-order valence-corrected chi connectivity index (χ0v) is 15.3. The van der Waals surface area contributed by atoms with E-state index in [1.807, 2.05) is 28.7 Å². The molecule has 0 radical (unpaired) electrons. The summed E-state index contributed by atoms with van der Waals surface area (Å²) >= 11 is 1.56. The van der Waals surface area contributed by atoms with Gasteiger partial charge in [0.25, 0.3) is 5.91 Å². The number of aryl methyl sites for hydroxylation is 1. The third-order valence-corrected chi connectivity index (χ3v) is 6.04. The second kappa shape index (κ2) is 6.88. The van der Waals surface area contributed by atoms with Crippen LogP contribution in [0.4, 0.5) is 0 Å². The van der Waals surface area contributed by atoms with Gasteiger partial charge >= 0.3 is 0 Å². The summed E-state index contributed by atoms with van der Waals surface area (Å²) in [6, 6.07) is 1.90. The highest BCUT2D eigenvalue weighted by atomic mass is 32.1. The van der Waals surface area contributed by atoms with Gasteiger partial charge in [0.1, 0.15) is 0 Å². The van der Waals surface area contributed by atoms with Crippen LogP contribution in [0.15, 0.2) is 21.3 Å². The lowest BCUT2D eigenvalue weighted by molar-refractivity contribution is -0.123. The van der Waals surface area contributed by atoms with Crippen LogP contribution in [-0.4, -0.2) is 46.2 Å². The smallest absolute Gasteiger partial charge is 0.254 e. The van der Waals surface area contributed by atoms with E-state index in [2.05, 4.69) is 10.1 Å². The number of rotatable bonds is 3. The number of hydrogen-bond acceptors (Lipinski definition) is 6. The number of carbonyl (C=O) groups excluding carboxylic acids is 1. The van der Waals surface area contributed by atoms with Crippen LogP contribution in [-0.2, 0) is 11.2 Å². The molecule has 2 aromatic rings. The van der Waals surface area contributed by atoms with E-state index in [0.29, 0.717) is 11.7 Å². The minimum absolute atomic E-state index is 0.0938. The molecule has 2 aromatic heterocycles. The second-order valence-corrected chi connectivity index (χ2v) is 7.91. The van der Waals surface area contributed by atoms with Crippen LogP contribution in [0, 0.1) is 12.8 Å². The maximum atomic E-state index is 12.5. The predicted molar refractivity (Wildman–Crippen MR) is 93.6 cm³/mol. The van der Waals surface area contributed by atoms with Gasteiger partial charge in [-0.25, -0.2) is 0 Å². The highest BCUT2D eigenvalue weighted by molar-refractivity contribution is 7.08. The Morgan fingerprint density at radius 1 is 1.44 bits per heavy atom. The van der Waals surface area contributed by atoms with Gasteiger partial charge in [0, 0.05) is 31.5 Å². The van der Waals surface area contributed by atoms with Gasteiger partial charge in [0.15, 0.2) is 5.82 Å². The first-order valence-corrected chi connectivity index (χ1v) is 9.82. The van der Waals surface area contributed by atoms with Crippen LogP contribution in [0.1, 0.15) is 47.8 Å². The van der Waals surface area contributed by atoms with Crippen molar-refractivity contribution in [2.75, 3.05) is 19.7 Å². The zero-order valence-electron chi connectivity index (χ0n) is 14.4. The Balaban J connectivity index is 1.36. The molecule has 25 heavy (non-hydrogen) atoms. The molecule has 0 aromatic carbocycles. The Kier molecular flexibility index (Phi) is 4.60. The molecular formula is C18H23N3O3S. The second-order valence-electron chi connectivity index (χ2n) is 7.13. The summed E-state index contributed by atoms with van der Waals surface area (Å²) in [6.07, 6.45) is 4.67. The molecule has 0 aliphatic carbocycles. The number of ether oxygens (including phenoxy) is 1. The predicted octanol–water partition coefficient (Wildman–Crippen LogP) is 3.08. The molecule has 0 bridgehead atoms. The van der Waals surface area contributed by atoms with E-state index in [4.69, 9.17) is 9.26 Å². The monoisotopic (exact) mass is 361 g/mol. The van der Waals surface area contributed by atoms with Crippen molar-refractivity contribution in [1.29, 1.82) is 0 Å². The van der Waals surface area contributed by atoms with Crippen molar-refractivity contribution in [1.82, 2.24) is 15.0 Å². The third-order valence-electron chi connectivity index (χ3n) is 5.36. The average Bonchev–Trinajstić information content (AvgIpc) is 3.27. The van der Waals surface area contributed by atoms with E-state index in [1.54, 1.807) is 11.3 Å². The number of nitrogens with zero attached hydrogens (tertiary/aromatic N) is 3. The van der Waals surface area contributed by atoms with E-state index in [9.17, 15) is 4.79 Å². The standard InChI is InChI=1S/C18H23N3O3S/c1-13-19-16(24-20-13)10-14-2-8-23-18(11-14)4-6-21(7-5-18)17(22)15-3-9-25-12-15/h3,9,12,14H,2,4-8,10-11H2,1H3. The van der Waals surface area contributed by atoms with E-state index in [0.717, 1.165) is 63.3 Å². The summed E-state index contributed by atoms with van der Waals surface area (Å²) in [5.74, 6) is 2.07. The number of amides is 1. The lowest BCUT2D eigenvalue weighted by Gasteiger charge is -2.46. The fourth-order valence-electron chi connectivity index (χ4n) is 4.01. The van der Waals surface area contributed by atoms with Gasteiger partial charge < -0.3 is 14.2 Å². The Hall–Kier alpha value is -1.73. The summed E-state index contributed by atoms with van der Waals surface area (Å²) < 4.78 is 11.5. The largest absolute Gasteiger partial charge is 0.375 e. The van der Waals surface area contributed by atoms with Gasteiger partial charge in [-0.3, -0.25) is 4.79 Å². The molecule has 2 aliphatic rings. The van der Waals surface area contributed by atoms with Gasteiger partial charge in [0.05, 0.1) is 11.2 Å². The molecule has 2 saturated heterocycles. The zero-order chi connectivity index (χ0) is 17.3. The van der Waals surface area contributed by atoms with E-state index >= 15 is 0 Å². The van der Waals surface area contributed by atoms with Crippen molar-refractivity contribution in [3.05, 3.63) is 34.1 Å². The summed E-state index contributed by atoms with van der Waals surface area (Å²) in [7, 11) is 0. The molecule has 4 heterocycles. The first-order chi connectivity index (χ1) is 12.1. The van der Waals surface area contributed by atoms with Crippen molar-refractivity contribution in [3.8, 4) is 0 Å². The lowest BCUT2D eigenvalue weighted by atomic mass is 9.78. The molecule has 1 atom stereocenters. The molecule has 2 fully saturated rings.